The summed E-state index contributed by atoms with van der Waals surface area (Å²) in [6.07, 6.45) is 1.43. The molecule has 0 fully saturated rings. The van der Waals surface area contributed by atoms with Crippen molar-refractivity contribution >= 4 is 27.8 Å². The lowest BCUT2D eigenvalue weighted by atomic mass is 10.2. The summed E-state index contributed by atoms with van der Waals surface area (Å²) >= 11 is 0. The van der Waals surface area contributed by atoms with Crippen LogP contribution in [0.1, 0.15) is 16.7 Å². The first kappa shape index (κ1) is 24.5. The zero-order chi connectivity index (χ0) is 24.6. The second kappa shape index (κ2) is 11.1. The quantitative estimate of drug-likeness (QED) is 0.375. The zero-order valence-electron chi connectivity index (χ0n) is 18.8. The monoisotopic (exact) mass is 476 g/mol. The van der Waals surface area contributed by atoms with Gasteiger partial charge in [-0.15, -0.1) is 0 Å². The molecule has 0 atom stereocenters. The van der Waals surface area contributed by atoms with E-state index in [1.54, 1.807) is 67.6 Å². The summed E-state index contributed by atoms with van der Waals surface area (Å²) in [4.78, 5) is 12.7. The van der Waals surface area contributed by atoms with Crippen molar-refractivity contribution in [1.82, 2.24) is 5.43 Å². The van der Waals surface area contributed by atoms with Gasteiger partial charge < -0.3 is 4.74 Å². The van der Waals surface area contributed by atoms with Crippen molar-refractivity contribution in [3.8, 4) is 11.8 Å². The maximum Gasteiger partial charge on any atom is 0.264 e. The zero-order valence-corrected chi connectivity index (χ0v) is 19.6. The predicted octanol–water partition coefficient (Wildman–Crippen LogP) is 3.55. The number of ether oxygens (including phenoxy) is 1. The molecule has 0 aliphatic carbocycles. The van der Waals surface area contributed by atoms with E-state index in [0.717, 1.165) is 9.87 Å². The molecule has 0 unspecified atom stereocenters. The second-order valence-corrected chi connectivity index (χ2v) is 9.28. The molecule has 8 nitrogen and oxygen atoms in total. The van der Waals surface area contributed by atoms with Gasteiger partial charge in [-0.25, -0.2) is 13.8 Å². The van der Waals surface area contributed by atoms with Crippen LogP contribution in [0.2, 0.25) is 0 Å². The average Bonchev–Trinajstić information content (AvgIpc) is 2.83. The van der Waals surface area contributed by atoms with Crippen LogP contribution in [-0.2, 0) is 14.8 Å². The highest BCUT2D eigenvalue weighted by atomic mass is 32.2. The molecule has 0 aliphatic heterocycles. The van der Waals surface area contributed by atoms with Crippen molar-refractivity contribution in [1.29, 1.82) is 5.26 Å². The molecule has 0 aromatic heterocycles. The van der Waals surface area contributed by atoms with Crippen LogP contribution in [0.3, 0.4) is 0 Å². The number of carbonyl (C=O) groups excluding carboxylic acids is 1. The van der Waals surface area contributed by atoms with Gasteiger partial charge in [0.05, 0.1) is 16.8 Å². The first-order chi connectivity index (χ1) is 16.3. The van der Waals surface area contributed by atoms with Crippen molar-refractivity contribution in [3.63, 3.8) is 0 Å². The number of carbonyl (C=O) groups is 1. The maximum absolute atomic E-state index is 13.4. The lowest BCUT2D eigenvalue weighted by Crippen LogP contribution is -2.40. The van der Waals surface area contributed by atoms with Gasteiger partial charge in [0.2, 0.25) is 0 Å². The van der Waals surface area contributed by atoms with Crippen molar-refractivity contribution in [2.24, 2.45) is 5.10 Å². The minimum atomic E-state index is -3.99. The van der Waals surface area contributed by atoms with Crippen LogP contribution in [0.15, 0.2) is 82.8 Å². The number of nitrogens with one attached hydrogen (secondary N) is 1. The number of hydrogen-bond donors (Lipinski definition) is 1. The number of nitriles is 1. The highest BCUT2D eigenvalue weighted by Gasteiger charge is 2.28. The maximum atomic E-state index is 13.4. The molecule has 0 radical (unpaired) electrons. The number of amides is 1. The molecule has 3 aromatic carbocycles. The molecule has 1 amide bonds. The largest absolute Gasteiger partial charge is 0.479 e. The highest BCUT2D eigenvalue weighted by Crippen LogP contribution is 2.26. The molecular formula is C25H24N4O4S. The summed E-state index contributed by atoms with van der Waals surface area (Å²) in [6, 6.07) is 22.1. The number of nitrogens with zero attached hydrogens (tertiary/aromatic N) is 3. The summed E-state index contributed by atoms with van der Waals surface area (Å²) in [5.74, 6) is -0.0536. The highest BCUT2D eigenvalue weighted by molar-refractivity contribution is 7.92. The fraction of sp³-hybridized carbons (Fsp3) is 0.160. The number of rotatable bonds is 9. The van der Waals surface area contributed by atoms with Gasteiger partial charge in [-0.2, -0.15) is 10.4 Å². The molecule has 9 heteroatoms. The first-order valence-electron chi connectivity index (χ1n) is 10.4. The molecule has 0 aliphatic rings. The van der Waals surface area contributed by atoms with E-state index < -0.39 is 22.5 Å². The number of benzene rings is 3. The van der Waals surface area contributed by atoms with Crippen molar-refractivity contribution in [2.75, 3.05) is 17.5 Å². The molecule has 0 bridgehead atoms. The normalized spacial score (nSPS) is 11.1. The summed E-state index contributed by atoms with van der Waals surface area (Å²) in [5.41, 5.74) is 5.13. The minimum absolute atomic E-state index is 0.0492. The molecule has 1 N–H and O–H groups in total. The Morgan fingerprint density at radius 1 is 1.06 bits per heavy atom. The molecular weight excluding hydrogens is 452 g/mol. The number of anilines is 1. The van der Waals surface area contributed by atoms with E-state index in [0.29, 0.717) is 22.6 Å². The third-order valence-electron chi connectivity index (χ3n) is 4.87. The Morgan fingerprint density at radius 2 is 1.74 bits per heavy atom. The van der Waals surface area contributed by atoms with Gasteiger partial charge in [-0.3, -0.25) is 9.10 Å². The van der Waals surface area contributed by atoms with E-state index in [9.17, 15) is 13.2 Å². The van der Waals surface area contributed by atoms with Crippen LogP contribution in [0.25, 0.3) is 0 Å². The van der Waals surface area contributed by atoms with Crippen molar-refractivity contribution in [2.45, 2.75) is 18.7 Å². The number of aryl methyl sites for hydroxylation is 2. The van der Waals surface area contributed by atoms with Crippen molar-refractivity contribution in [3.05, 3.63) is 89.5 Å². The van der Waals surface area contributed by atoms with Gasteiger partial charge in [-0.1, -0.05) is 35.9 Å². The van der Waals surface area contributed by atoms with E-state index in [-0.39, 0.29) is 11.5 Å². The van der Waals surface area contributed by atoms with Crippen LogP contribution >= 0.6 is 0 Å². The number of sulfonamides is 1. The van der Waals surface area contributed by atoms with Gasteiger partial charge in [0.1, 0.15) is 18.4 Å². The summed E-state index contributed by atoms with van der Waals surface area (Å²) in [7, 11) is -3.99. The van der Waals surface area contributed by atoms with Gasteiger partial charge in [0.25, 0.3) is 15.9 Å². The molecule has 3 rings (SSSR count). The Kier molecular flexibility index (Phi) is 8.01. The lowest BCUT2D eigenvalue weighted by Gasteiger charge is -2.25. The van der Waals surface area contributed by atoms with Gasteiger partial charge in [0, 0.05) is 0 Å². The van der Waals surface area contributed by atoms with Crippen LogP contribution in [0.4, 0.5) is 5.69 Å². The lowest BCUT2D eigenvalue weighted by molar-refractivity contribution is -0.119. The van der Waals surface area contributed by atoms with Crippen LogP contribution in [-0.4, -0.2) is 33.7 Å². The fourth-order valence-corrected chi connectivity index (χ4v) is 4.58. The number of hydrazone groups is 1. The summed E-state index contributed by atoms with van der Waals surface area (Å²) in [6.45, 7) is 3.16. The predicted molar refractivity (Wildman–Crippen MR) is 130 cm³/mol. The Hall–Kier alpha value is -4.16. The smallest absolute Gasteiger partial charge is 0.264 e. The molecule has 34 heavy (non-hydrogen) atoms. The third-order valence-corrected chi connectivity index (χ3v) is 6.64. The summed E-state index contributed by atoms with van der Waals surface area (Å²) in [5, 5.41) is 12.5. The van der Waals surface area contributed by atoms with Crippen molar-refractivity contribution < 1.29 is 17.9 Å². The van der Waals surface area contributed by atoms with E-state index in [4.69, 9.17) is 10.00 Å². The topological polar surface area (TPSA) is 112 Å². The Labute approximate surface area is 199 Å². The summed E-state index contributed by atoms with van der Waals surface area (Å²) < 4.78 is 33.1. The number of hydrogen-bond acceptors (Lipinski definition) is 6. The number of para-hydroxylation sites is 1. The molecule has 0 saturated heterocycles. The Morgan fingerprint density at radius 3 is 2.38 bits per heavy atom. The van der Waals surface area contributed by atoms with Crippen LogP contribution in [0.5, 0.6) is 5.75 Å². The Balaban J connectivity index is 1.77. The fourth-order valence-electron chi connectivity index (χ4n) is 3.09. The Bertz CT molecular complexity index is 1310. The van der Waals surface area contributed by atoms with E-state index in [2.05, 4.69) is 10.5 Å². The first-order valence-corrected chi connectivity index (χ1v) is 11.8. The standard InChI is InChI=1S/C25H24N4O4S/c1-19-7-13-23(14-8-19)34(31,32)29(24-6-4-3-5-20(24)2)18-25(30)28-27-17-21-9-11-22(12-10-21)33-16-15-26/h3-14,17H,16,18H2,1-2H3,(H,28,30)/b27-17+. The van der Waals surface area contributed by atoms with E-state index >= 15 is 0 Å². The molecule has 0 spiro atoms. The molecule has 0 heterocycles. The minimum Gasteiger partial charge on any atom is -0.479 e. The van der Waals surface area contributed by atoms with Crippen LogP contribution < -0.4 is 14.5 Å². The average molecular weight is 477 g/mol. The molecule has 174 valence electrons. The van der Waals surface area contributed by atoms with E-state index in [1.807, 2.05) is 13.0 Å². The molecule has 3 aromatic rings. The molecule has 0 saturated carbocycles. The van der Waals surface area contributed by atoms with Gasteiger partial charge in [-0.05, 0) is 67.4 Å². The van der Waals surface area contributed by atoms with Gasteiger partial charge in [0.15, 0.2) is 6.61 Å². The van der Waals surface area contributed by atoms with Gasteiger partial charge >= 0.3 is 0 Å². The third kappa shape index (κ3) is 6.21. The SMILES string of the molecule is Cc1ccc(S(=O)(=O)N(CC(=O)N/N=C/c2ccc(OCC#N)cc2)c2ccccc2C)cc1. The van der Waals surface area contributed by atoms with E-state index in [1.165, 1.54) is 18.3 Å². The van der Waals surface area contributed by atoms with Crippen LogP contribution in [0, 0.1) is 25.2 Å². The second-order valence-electron chi connectivity index (χ2n) is 7.42.